The van der Waals surface area contributed by atoms with Gasteiger partial charge in [-0.05, 0) is 61.4 Å². The van der Waals surface area contributed by atoms with Crippen LogP contribution in [-0.2, 0) is 6.54 Å². The molecule has 9 heteroatoms. The number of aryl methyl sites for hydroxylation is 2. The van der Waals surface area contributed by atoms with Gasteiger partial charge in [0.25, 0.3) is 5.56 Å². The first-order chi connectivity index (χ1) is 17.9. The number of hydrogen-bond acceptors (Lipinski definition) is 7. The fourth-order valence-electron chi connectivity index (χ4n) is 4.71. The minimum atomic E-state index is -0.125. The van der Waals surface area contributed by atoms with Gasteiger partial charge < -0.3 is 16.0 Å². The van der Waals surface area contributed by atoms with Crippen LogP contribution in [0.3, 0.4) is 0 Å². The molecule has 182 valence electrons. The van der Waals surface area contributed by atoms with E-state index in [0.717, 1.165) is 22.4 Å². The van der Waals surface area contributed by atoms with Crippen LogP contribution in [0.25, 0.3) is 39.1 Å². The predicted molar refractivity (Wildman–Crippen MR) is 145 cm³/mol. The van der Waals surface area contributed by atoms with Crippen molar-refractivity contribution in [2.24, 2.45) is 0 Å². The van der Waals surface area contributed by atoms with E-state index in [0.29, 0.717) is 39.4 Å². The van der Waals surface area contributed by atoms with Gasteiger partial charge in [-0.1, -0.05) is 30.3 Å². The van der Waals surface area contributed by atoms with Crippen LogP contribution in [0, 0.1) is 13.8 Å². The van der Waals surface area contributed by atoms with Crippen LogP contribution in [0.5, 0.6) is 0 Å². The summed E-state index contributed by atoms with van der Waals surface area (Å²) < 4.78 is 3.60. The second-order valence-corrected chi connectivity index (χ2v) is 9.00. The molecule has 0 amide bonds. The van der Waals surface area contributed by atoms with E-state index < -0.39 is 0 Å². The molecule has 0 atom stereocenters. The van der Waals surface area contributed by atoms with Crippen LogP contribution in [0.4, 0.5) is 11.5 Å². The van der Waals surface area contributed by atoms with Crippen LogP contribution >= 0.6 is 0 Å². The highest BCUT2D eigenvalue weighted by atomic mass is 16.1. The average Bonchev–Trinajstić information content (AvgIpc) is 3.25. The lowest BCUT2D eigenvalue weighted by molar-refractivity contribution is 0.722. The summed E-state index contributed by atoms with van der Waals surface area (Å²) in [4.78, 5) is 32.4. The maximum absolute atomic E-state index is 14.0. The summed E-state index contributed by atoms with van der Waals surface area (Å²) in [5, 5.41) is 0.593. The Morgan fingerprint density at radius 1 is 0.838 bits per heavy atom. The molecule has 0 aliphatic heterocycles. The van der Waals surface area contributed by atoms with Crippen molar-refractivity contribution in [3.63, 3.8) is 0 Å². The fourth-order valence-corrected chi connectivity index (χ4v) is 4.71. The van der Waals surface area contributed by atoms with Crippen molar-refractivity contribution in [3.05, 3.63) is 100 Å². The lowest BCUT2D eigenvalue weighted by Gasteiger charge is -2.17. The first kappa shape index (κ1) is 22.4. The SMILES string of the molecule is Cc1ccccc1-n1c(Cn2c(-c3ccc(N)cc3)nc3c(N)ncnc32)nc2cccc(C)c2c1=O. The lowest BCUT2D eigenvalue weighted by Crippen LogP contribution is -2.26. The van der Waals surface area contributed by atoms with E-state index in [2.05, 4.69) is 9.97 Å². The topological polar surface area (TPSA) is 131 Å². The third-order valence-electron chi connectivity index (χ3n) is 6.56. The standard InChI is InChI=1S/C28H24N8O/c1-16-6-3-4-9-21(16)36-22(33-20-8-5-7-17(2)23(20)28(36)37)14-35-26(18-10-12-19(29)13-11-18)34-24-25(30)31-15-32-27(24)35/h3-13,15H,14,29H2,1-2H3,(H2,30,31,32). The molecule has 0 fully saturated rings. The molecular weight excluding hydrogens is 464 g/mol. The van der Waals surface area contributed by atoms with Crippen LogP contribution in [0.15, 0.2) is 77.9 Å². The molecular formula is C28H24N8O. The summed E-state index contributed by atoms with van der Waals surface area (Å²) >= 11 is 0. The maximum atomic E-state index is 14.0. The van der Waals surface area contributed by atoms with Crippen molar-refractivity contribution in [2.75, 3.05) is 11.5 Å². The van der Waals surface area contributed by atoms with E-state index in [9.17, 15) is 4.79 Å². The summed E-state index contributed by atoms with van der Waals surface area (Å²) in [7, 11) is 0. The zero-order chi connectivity index (χ0) is 25.7. The zero-order valence-corrected chi connectivity index (χ0v) is 20.4. The molecule has 0 saturated carbocycles. The van der Waals surface area contributed by atoms with Crippen LogP contribution in [0.2, 0.25) is 0 Å². The number of nitrogens with zero attached hydrogens (tertiary/aromatic N) is 6. The third-order valence-corrected chi connectivity index (χ3v) is 6.56. The van der Waals surface area contributed by atoms with Gasteiger partial charge in [-0.25, -0.2) is 19.9 Å². The van der Waals surface area contributed by atoms with Gasteiger partial charge in [0.2, 0.25) is 0 Å². The predicted octanol–water partition coefficient (Wildman–Crippen LogP) is 4.02. The molecule has 4 N–H and O–H groups in total. The lowest BCUT2D eigenvalue weighted by atomic mass is 10.1. The smallest absolute Gasteiger partial charge is 0.266 e. The van der Waals surface area contributed by atoms with Crippen LogP contribution < -0.4 is 17.0 Å². The summed E-state index contributed by atoms with van der Waals surface area (Å²) in [6.45, 7) is 4.13. The highest BCUT2D eigenvalue weighted by Crippen LogP contribution is 2.28. The molecule has 3 heterocycles. The van der Waals surface area contributed by atoms with E-state index >= 15 is 0 Å². The van der Waals surface area contributed by atoms with Gasteiger partial charge in [-0.15, -0.1) is 0 Å². The number of rotatable bonds is 4. The Hall–Kier alpha value is -5.05. The van der Waals surface area contributed by atoms with Gasteiger partial charge in [0.1, 0.15) is 18.0 Å². The molecule has 3 aromatic carbocycles. The highest BCUT2D eigenvalue weighted by Gasteiger charge is 2.21. The van der Waals surface area contributed by atoms with E-state index in [1.165, 1.54) is 6.33 Å². The van der Waals surface area contributed by atoms with E-state index in [1.807, 2.05) is 85.1 Å². The Bertz CT molecular complexity index is 1870. The Labute approximate surface area is 212 Å². The van der Waals surface area contributed by atoms with Crippen molar-refractivity contribution in [1.29, 1.82) is 0 Å². The number of benzene rings is 3. The van der Waals surface area contributed by atoms with Crippen molar-refractivity contribution < 1.29 is 0 Å². The Balaban J connectivity index is 1.66. The zero-order valence-electron chi connectivity index (χ0n) is 20.4. The van der Waals surface area contributed by atoms with Crippen molar-refractivity contribution in [3.8, 4) is 17.1 Å². The van der Waals surface area contributed by atoms with Gasteiger partial charge in [0.15, 0.2) is 17.0 Å². The fraction of sp³-hybridized carbons (Fsp3) is 0.107. The van der Waals surface area contributed by atoms with Crippen molar-refractivity contribution >= 4 is 33.6 Å². The van der Waals surface area contributed by atoms with Gasteiger partial charge in [-0.3, -0.25) is 9.36 Å². The summed E-state index contributed by atoms with van der Waals surface area (Å²) in [6.07, 6.45) is 1.41. The number of fused-ring (bicyclic) bond motifs is 2. The molecule has 6 aromatic rings. The molecule has 0 aliphatic carbocycles. The van der Waals surface area contributed by atoms with Gasteiger partial charge in [0, 0.05) is 11.3 Å². The molecule has 0 radical (unpaired) electrons. The molecule has 37 heavy (non-hydrogen) atoms. The Kier molecular flexibility index (Phi) is 5.19. The highest BCUT2D eigenvalue weighted by molar-refractivity contribution is 5.85. The van der Waals surface area contributed by atoms with E-state index in [4.69, 9.17) is 21.4 Å². The van der Waals surface area contributed by atoms with Crippen LogP contribution in [0.1, 0.15) is 17.0 Å². The largest absolute Gasteiger partial charge is 0.399 e. The molecule has 0 aliphatic rings. The number of para-hydroxylation sites is 1. The third kappa shape index (κ3) is 3.68. The molecule has 9 nitrogen and oxygen atoms in total. The monoisotopic (exact) mass is 488 g/mol. The first-order valence-corrected chi connectivity index (χ1v) is 11.8. The minimum absolute atomic E-state index is 0.125. The molecule has 0 unspecified atom stereocenters. The number of nitrogen functional groups attached to an aromatic ring is 2. The Morgan fingerprint density at radius 2 is 1.59 bits per heavy atom. The number of hydrogen-bond donors (Lipinski definition) is 2. The van der Waals surface area contributed by atoms with E-state index in [1.54, 1.807) is 4.57 Å². The van der Waals surface area contributed by atoms with Crippen molar-refractivity contribution in [1.82, 2.24) is 29.1 Å². The number of nitrogens with two attached hydrogens (primary N) is 2. The average molecular weight is 489 g/mol. The van der Waals surface area contributed by atoms with Gasteiger partial charge in [-0.2, -0.15) is 0 Å². The maximum Gasteiger partial charge on any atom is 0.266 e. The number of imidazole rings is 1. The molecule has 0 bridgehead atoms. The Morgan fingerprint density at radius 3 is 2.38 bits per heavy atom. The molecule has 3 aromatic heterocycles. The van der Waals surface area contributed by atoms with Crippen LogP contribution in [-0.4, -0.2) is 29.1 Å². The van der Waals surface area contributed by atoms with E-state index in [-0.39, 0.29) is 17.9 Å². The first-order valence-electron chi connectivity index (χ1n) is 11.8. The quantitative estimate of drug-likeness (QED) is 0.358. The van der Waals surface area contributed by atoms with Gasteiger partial charge in [0.05, 0.1) is 23.1 Å². The second-order valence-electron chi connectivity index (χ2n) is 9.00. The minimum Gasteiger partial charge on any atom is -0.399 e. The summed E-state index contributed by atoms with van der Waals surface area (Å²) in [5.41, 5.74) is 17.7. The number of aromatic nitrogens is 6. The second kappa shape index (κ2) is 8.56. The van der Waals surface area contributed by atoms with Gasteiger partial charge >= 0.3 is 0 Å². The molecule has 6 rings (SSSR count). The summed E-state index contributed by atoms with van der Waals surface area (Å²) in [6, 6.07) is 20.9. The molecule has 0 spiro atoms. The summed E-state index contributed by atoms with van der Waals surface area (Å²) in [5.74, 6) is 1.45. The van der Waals surface area contributed by atoms with Crippen molar-refractivity contribution in [2.45, 2.75) is 20.4 Å². The molecule has 0 saturated heterocycles. The normalized spacial score (nSPS) is 11.4. The number of anilines is 2.